The van der Waals surface area contributed by atoms with E-state index in [0.717, 1.165) is 5.56 Å². The number of aliphatic hydroxyl groups is 1. The minimum atomic E-state index is 0.0425. The van der Waals surface area contributed by atoms with Crippen LogP contribution in [0.1, 0.15) is 26.3 Å². The number of rotatable bonds is 11. The Hall–Kier alpha value is -1.01. The third-order valence-electron chi connectivity index (χ3n) is 2.75. The molecule has 126 valence electrons. The first-order valence-corrected chi connectivity index (χ1v) is 7.97. The van der Waals surface area contributed by atoms with Crippen LogP contribution in [-0.2, 0) is 11.3 Å². The Morgan fingerprint density at radius 2 is 2.00 bits per heavy atom. The molecule has 22 heavy (non-hydrogen) atoms. The third kappa shape index (κ3) is 6.83. The number of halogens is 1. The summed E-state index contributed by atoms with van der Waals surface area (Å²) in [5, 5.41) is 12.5. The molecule has 6 heteroatoms. The largest absolute Gasteiger partial charge is 0.490 e. The van der Waals surface area contributed by atoms with Crippen molar-refractivity contribution < 1.29 is 19.3 Å². The van der Waals surface area contributed by atoms with Crippen molar-refractivity contribution in [3.05, 3.63) is 22.7 Å². The Balaban J connectivity index is 2.64. The maximum Gasteiger partial charge on any atom is 0.163 e. The van der Waals surface area contributed by atoms with Gasteiger partial charge in [-0.2, -0.15) is 0 Å². The minimum absolute atomic E-state index is 0.0425. The summed E-state index contributed by atoms with van der Waals surface area (Å²) in [7, 11) is 0. The van der Waals surface area contributed by atoms with Crippen molar-refractivity contribution in [1.29, 1.82) is 0 Å². The molecule has 2 N–H and O–H groups in total. The summed E-state index contributed by atoms with van der Waals surface area (Å²) < 4.78 is 16.5. The normalized spacial score (nSPS) is 11.0. The molecular formula is C16H26ClNO4. The van der Waals surface area contributed by atoms with E-state index in [-0.39, 0.29) is 12.7 Å². The highest BCUT2D eigenvalue weighted by atomic mass is 35.5. The number of hydrogen-bond acceptors (Lipinski definition) is 5. The van der Waals surface area contributed by atoms with Crippen LogP contribution < -0.4 is 14.8 Å². The van der Waals surface area contributed by atoms with E-state index in [1.54, 1.807) is 6.07 Å². The van der Waals surface area contributed by atoms with Gasteiger partial charge < -0.3 is 24.6 Å². The highest BCUT2D eigenvalue weighted by Crippen LogP contribution is 2.34. The average Bonchev–Trinajstić information content (AvgIpc) is 2.46. The molecule has 0 aliphatic rings. The van der Waals surface area contributed by atoms with Crippen LogP contribution in [0.4, 0.5) is 0 Å². The predicted molar refractivity (Wildman–Crippen MR) is 88.0 cm³/mol. The van der Waals surface area contributed by atoms with Gasteiger partial charge in [-0.15, -0.1) is 0 Å². The SMILES string of the molecule is CCOc1cc(CNCCOCCO)c(Cl)cc1OC(C)C. The lowest BCUT2D eigenvalue weighted by molar-refractivity contribution is 0.0938. The second-order valence-corrected chi connectivity index (χ2v) is 5.41. The van der Waals surface area contributed by atoms with Crippen LogP contribution in [0.5, 0.6) is 11.5 Å². The van der Waals surface area contributed by atoms with Gasteiger partial charge in [0.05, 0.1) is 32.5 Å². The first-order chi connectivity index (χ1) is 10.6. The summed E-state index contributed by atoms with van der Waals surface area (Å²) in [6.45, 7) is 8.68. The summed E-state index contributed by atoms with van der Waals surface area (Å²) in [6.07, 6.45) is 0.0583. The molecule has 0 aliphatic carbocycles. The minimum Gasteiger partial charge on any atom is -0.490 e. The molecule has 1 rings (SSSR count). The molecule has 0 atom stereocenters. The smallest absolute Gasteiger partial charge is 0.163 e. The molecular weight excluding hydrogens is 306 g/mol. The van der Waals surface area contributed by atoms with Gasteiger partial charge in [0.1, 0.15) is 0 Å². The van der Waals surface area contributed by atoms with E-state index in [1.165, 1.54) is 0 Å². The van der Waals surface area contributed by atoms with Crippen LogP contribution in [0.15, 0.2) is 12.1 Å². The van der Waals surface area contributed by atoms with Crippen molar-refractivity contribution in [3.8, 4) is 11.5 Å². The molecule has 0 saturated heterocycles. The lowest BCUT2D eigenvalue weighted by atomic mass is 10.2. The summed E-state index contributed by atoms with van der Waals surface area (Å²) in [5.41, 5.74) is 0.948. The highest BCUT2D eigenvalue weighted by Gasteiger charge is 2.12. The van der Waals surface area contributed by atoms with Crippen molar-refractivity contribution in [2.24, 2.45) is 0 Å². The molecule has 0 spiro atoms. The van der Waals surface area contributed by atoms with E-state index < -0.39 is 0 Å². The van der Waals surface area contributed by atoms with E-state index in [9.17, 15) is 0 Å². The maximum absolute atomic E-state index is 8.62. The van der Waals surface area contributed by atoms with Gasteiger partial charge in [0.25, 0.3) is 0 Å². The summed E-state index contributed by atoms with van der Waals surface area (Å²) in [5.74, 6) is 1.37. The van der Waals surface area contributed by atoms with Crippen LogP contribution in [0, 0.1) is 0 Å². The Kier molecular flexibility index (Phi) is 9.24. The molecule has 0 aromatic heterocycles. The fourth-order valence-electron chi connectivity index (χ4n) is 1.86. The van der Waals surface area contributed by atoms with Crippen molar-refractivity contribution in [2.45, 2.75) is 33.4 Å². The molecule has 1 aromatic rings. The quantitative estimate of drug-likeness (QED) is 0.610. The molecule has 0 aliphatic heterocycles. The van der Waals surface area contributed by atoms with E-state index in [4.69, 9.17) is 30.9 Å². The Labute approximate surface area is 137 Å². The second kappa shape index (κ2) is 10.7. The lowest BCUT2D eigenvalue weighted by Crippen LogP contribution is -2.20. The average molecular weight is 332 g/mol. The van der Waals surface area contributed by atoms with Gasteiger partial charge in [-0.25, -0.2) is 0 Å². The second-order valence-electron chi connectivity index (χ2n) is 5.00. The van der Waals surface area contributed by atoms with Crippen molar-refractivity contribution in [3.63, 3.8) is 0 Å². The number of hydrogen-bond donors (Lipinski definition) is 2. The van der Waals surface area contributed by atoms with E-state index in [2.05, 4.69) is 5.32 Å². The first kappa shape index (κ1) is 19.0. The number of nitrogens with one attached hydrogen (secondary N) is 1. The van der Waals surface area contributed by atoms with Crippen LogP contribution in [0.25, 0.3) is 0 Å². The molecule has 0 heterocycles. The topological polar surface area (TPSA) is 60.0 Å². The van der Waals surface area contributed by atoms with Crippen LogP contribution in [0.2, 0.25) is 5.02 Å². The van der Waals surface area contributed by atoms with Gasteiger partial charge in [-0.3, -0.25) is 0 Å². The monoisotopic (exact) mass is 331 g/mol. The molecule has 0 bridgehead atoms. The van der Waals surface area contributed by atoms with Gasteiger partial charge in [-0.05, 0) is 32.4 Å². The van der Waals surface area contributed by atoms with Gasteiger partial charge in [0, 0.05) is 24.2 Å². The molecule has 1 aromatic carbocycles. The zero-order valence-corrected chi connectivity index (χ0v) is 14.3. The van der Waals surface area contributed by atoms with E-state index in [0.29, 0.717) is 49.4 Å². The summed E-state index contributed by atoms with van der Waals surface area (Å²) >= 11 is 6.31. The summed E-state index contributed by atoms with van der Waals surface area (Å²) in [6, 6.07) is 3.71. The Bertz CT molecular complexity index is 440. The highest BCUT2D eigenvalue weighted by molar-refractivity contribution is 6.31. The fraction of sp³-hybridized carbons (Fsp3) is 0.625. The molecule has 0 unspecified atom stereocenters. The van der Waals surface area contributed by atoms with Crippen LogP contribution in [-0.4, -0.2) is 44.2 Å². The van der Waals surface area contributed by atoms with E-state index >= 15 is 0 Å². The molecule has 0 fully saturated rings. The van der Waals surface area contributed by atoms with Gasteiger partial charge >= 0.3 is 0 Å². The Morgan fingerprint density at radius 3 is 2.64 bits per heavy atom. The molecule has 0 radical (unpaired) electrons. The lowest BCUT2D eigenvalue weighted by Gasteiger charge is -2.17. The first-order valence-electron chi connectivity index (χ1n) is 7.59. The van der Waals surface area contributed by atoms with Gasteiger partial charge in [-0.1, -0.05) is 11.6 Å². The zero-order valence-electron chi connectivity index (χ0n) is 13.5. The predicted octanol–water partition coefficient (Wildman–Crippen LogP) is 2.62. The fourth-order valence-corrected chi connectivity index (χ4v) is 2.08. The van der Waals surface area contributed by atoms with Crippen molar-refractivity contribution in [1.82, 2.24) is 5.32 Å². The van der Waals surface area contributed by atoms with Crippen molar-refractivity contribution in [2.75, 3.05) is 33.0 Å². The number of benzene rings is 1. The number of ether oxygens (including phenoxy) is 3. The van der Waals surface area contributed by atoms with Crippen LogP contribution in [0.3, 0.4) is 0 Å². The standard InChI is InChI=1S/C16H26ClNO4/c1-4-21-15-9-13(11-18-5-7-20-8-6-19)14(17)10-16(15)22-12(2)3/h9-10,12,18-19H,4-8,11H2,1-3H3. The van der Waals surface area contributed by atoms with Crippen molar-refractivity contribution >= 4 is 11.6 Å². The van der Waals surface area contributed by atoms with Gasteiger partial charge in [0.15, 0.2) is 11.5 Å². The molecule has 0 amide bonds. The Morgan fingerprint density at radius 1 is 1.23 bits per heavy atom. The molecule has 0 saturated carbocycles. The van der Waals surface area contributed by atoms with Crippen LogP contribution >= 0.6 is 11.6 Å². The zero-order chi connectivity index (χ0) is 16.4. The van der Waals surface area contributed by atoms with Gasteiger partial charge in [0.2, 0.25) is 0 Å². The third-order valence-corrected chi connectivity index (χ3v) is 3.10. The molecule has 5 nitrogen and oxygen atoms in total. The number of aliphatic hydroxyl groups excluding tert-OH is 1. The summed E-state index contributed by atoms with van der Waals surface area (Å²) in [4.78, 5) is 0. The maximum atomic E-state index is 8.62. The van der Waals surface area contributed by atoms with E-state index in [1.807, 2.05) is 26.8 Å².